The van der Waals surface area contributed by atoms with Crippen LogP contribution in [0.5, 0.6) is 0 Å². The molecule has 3 atom stereocenters. The van der Waals surface area contributed by atoms with Gasteiger partial charge in [0.05, 0.1) is 25.2 Å². The van der Waals surface area contributed by atoms with Crippen molar-refractivity contribution in [3.05, 3.63) is 48.6 Å². The zero-order chi connectivity index (χ0) is 42.4. The van der Waals surface area contributed by atoms with Gasteiger partial charge in [0.25, 0.3) is 0 Å². The van der Waals surface area contributed by atoms with E-state index in [4.69, 9.17) is 4.74 Å². The summed E-state index contributed by atoms with van der Waals surface area (Å²) in [6, 6.07) is -0.714. The zero-order valence-electron chi connectivity index (χ0n) is 38.4. The van der Waals surface area contributed by atoms with Crippen LogP contribution in [0.2, 0.25) is 0 Å². The van der Waals surface area contributed by atoms with Crippen LogP contribution in [-0.4, -0.2) is 46.9 Å². The highest BCUT2D eigenvalue weighted by Crippen LogP contribution is 2.17. The normalized spacial score (nSPS) is 13.7. The second-order valence-electron chi connectivity index (χ2n) is 16.9. The highest BCUT2D eigenvalue weighted by molar-refractivity contribution is 5.77. The van der Waals surface area contributed by atoms with Crippen LogP contribution in [0.4, 0.5) is 0 Å². The molecule has 0 heterocycles. The Morgan fingerprint density at radius 1 is 0.517 bits per heavy atom. The fraction of sp³-hybridized carbons (Fsp3) is 0.808. The molecule has 0 aromatic heterocycles. The molecule has 6 heteroatoms. The van der Waals surface area contributed by atoms with Gasteiger partial charge in [-0.1, -0.05) is 211 Å². The van der Waals surface area contributed by atoms with Gasteiger partial charge in [0.2, 0.25) is 5.91 Å². The standard InChI is InChI=1S/C52H95NO5/c1-4-7-10-13-16-19-22-24-26-29-32-35-38-41-44-50(55)49(47-54)53-51(56)46-48(43-40-37-34-31-28-21-18-15-12-9-6-3)58-52(57)45-42-39-36-33-30-27-25-23-20-17-14-11-8-5-2/h9,12,15,18,21,27-28,30,48-50,54-55H,4-8,10-11,13-14,16-17,19-20,22-26,29,31-47H2,1-3H3,(H,53,56)/b12-9+,18-15+,28-21-,30-27-. The van der Waals surface area contributed by atoms with Gasteiger partial charge in [-0.2, -0.15) is 0 Å². The van der Waals surface area contributed by atoms with E-state index in [1.54, 1.807) is 0 Å². The van der Waals surface area contributed by atoms with Crippen LogP contribution in [-0.2, 0) is 14.3 Å². The summed E-state index contributed by atoms with van der Waals surface area (Å²) >= 11 is 0. The number of aliphatic hydroxyl groups excluding tert-OH is 2. The van der Waals surface area contributed by atoms with Crippen molar-refractivity contribution in [3.63, 3.8) is 0 Å². The third-order valence-electron chi connectivity index (χ3n) is 11.2. The number of hydrogen-bond donors (Lipinski definition) is 3. The molecule has 0 aliphatic carbocycles. The Kier molecular flexibility index (Phi) is 44.2. The average Bonchev–Trinajstić information content (AvgIpc) is 3.22. The van der Waals surface area contributed by atoms with Crippen LogP contribution in [0.3, 0.4) is 0 Å². The fourth-order valence-electron chi connectivity index (χ4n) is 7.42. The van der Waals surface area contributed by atoms with Gasteiger partial charge in [-0.3, -0.25) is 9.59 Å². The monoisotopic (exact) mass is 814 g/mol. The first-order valence-corrected chi connectivity index (χ1v) is 24.9. The number of aliphatic hydroxyl groups is 2. The maximum absolute atomic E-state index is 13.2. The second-order valence-corrected chi connectivity index (χ2v) is 16.9. The summed E-state index contributed by atoms with van der Waals surface area (Å²) in [7, 11) is 0. The summed E-state index contributed by atoms with van der Waals surface area (Å²) < 4.78 is 5.89. The van der Waals surface area contributed by atoms with E-state index in [1.807, 2.05) is 12.2 Å². The van der Waals surface area contributed by atoms with Crippen molar-refractivity contribution in [2.45, 2.75) is 264 Å². The van der Waals surface area contributed by atoms with Gasteiger partial charge in [-0.05, 0) is 70.6 Å². The number of unbranched alkanes of at least 4 members (excludes halogenated alkanes) is 26. The van der Waals surface area contributed by atoms with Crippen LogP contribution in [0.1, 0.15) is 245 Å². The number of amides is 1. The molecule has 6 nitrogen and oxygen atoms in total. The van der Waals surface area contributed by atoms with Crippen LogP contribution in [0.25, 0.3) is 0 Å². The van der Waals surface area contributed by atoms with Crippen molar-refractivity contribution in [1.82, 2.24) is 5.32 Å². The number of hydrogen-bond acceptors (Lipinski definition) is 5. The summed E-state index contributed by atoms with van der Waals surface area (Å²) in [5.74, 6) is -0.525. The van der Waals surface area contributed by atoms with E-state index in [0.29, 0.717) is 19.3 Å². The largest absolute Gasteiger partial charge is 0.462 e. The van der Waals surface area contributed by atoms with Gasteiger partial charge in [0.1, 0.15) is 6.10 Å². The van der Waals surface area contributed by atoms with Gasteiger partial charge in [0.15, 0.2) is 0 Å². The molecule has 0 aliphatic rings. The fourth-order valence-corrected chi connectivity index (χ4v) is 7.42. The Hall–Kier alpha value is -2.18. The van der Waals surface area contributed by atoms with Crippen molar-refractivity contribution in [2.75, 3.05) is 6.61 Å². The predicted octanol–water partition coefficient (Wildman–Crippen LogP) is 14.7. The number of ether oxygens (including phenoxy) is 1. The quantitative estimate of drug-likeness (QED) is 0.0246. The number of carbonyl (C=O) groups excluding carboxylic acids is 2. The molecular formula is C52H95NO5. The maximum atomic E-state index is 13.2. The third-order valence-corrected chi connectivity index (χ3v) is 11.2. The Bertz CT molecular complexity index is 1000. The Morgan fingerprint density at radius 3 is 1.47 bits per heavy atom. The summed E-state index contributed by atoms with van der Waals surface area (Å²) in [6.45, 7) is 6.33. The lowest BCUT2D eigenvalue weighted by atomic mass is 10.0. The molecule has 3 N–H and O–H groups in total. The molecule has 0 spiro atoms. The van der Waals surface area contributed by atoms with Crippen molar-refractivity contribution >= 4 is 11.9 Å². The van der Waals surface area contributed by atoms with Crippen LogP contribution in [0.15, 0.2) is 48.6 Å². The molecule has 0 fully saturated rings. The molecule has 3 unspecified atom stereocenters. The minimum atomic E-state index is -0.798. The minimum Gasteiger partial charge on any atom is -0.462 e. The molecule has 0 aromatic carbocycles. The summed E-state index contributed by atoms with van der Waals surface area (Å²) in [4.78, 5) is 26.0. The van der Waals surface area contributed by atoms with E-state index >= 15 is 0 Å². The third kappa shape index (κ3) is 40.6. The summed E-state index contributed by atoms with van der Waals surface area (Å²) in [5.41, 5.74) is 0. The van der Waals surface area contributed by atoms with Crippen molar-refractivity contribution in [3.8, 4) is 0 Å². The van der Waals surface area contributed by atoms with Gasteiger partial charge in [-0.25, -0.2) is 0 Å². The molecule has 0 radical (unpaired) electrons. The number of nitrogens with one attached hydrogen (secondary N) is 1. The SMILES string of the molecule is CC/C=C/C=C/C=C\CCCCCC(CC(=O)NC(CO)C(O)CCCCCCCCCCCCCCCC)OC(=O)CCCCC/C=C\CCCCCCCCC. The van der Waals surface area contributed by atoms with Crippen LogP contribution < -0.4 is 5.32 Å². The average molecular weight is 814 g/mol. The lowest BCUT2D eigenvalue weighted by molar-refractivity contribution is -0.151. The maximum Gasteiger partial charge on any atom is 0.306 e. The number of carbonyl (C=O) groups is 2. The molecular weight excluding hydrogens is 719 g/mol. The van der Waals surface area contributed by atoms with E-state index < -0.39 is 18.2 Å². The molecule has 338 valence electrons. The van der Waals surface area contributed by atoms with Crippen LogP contribution >= 0.6 is 0 Å². The molecule has 0 aliphatic heterocycles. The molecule has 0 rings (SSSR count). The Labute approximate surface area is 359 Å². The molecule has 0 aromatic rings. The van der Waals surface area contributed by atoms with Crippen molar-refractivity contribution < 1.29 is 24.5 Å². The molecule has 0 saturated carbocycles. The lowest BCUT2D eigenvalue weighted by Crippen LogP contribution is -2.46. The molecule has 0 saturated heterocycles. The first-order valence-electron chi connectivity index (χ1n) is 24.9. The van der Waals surface area contributed by atoms with E-state index in [2.05, 4.69) is 62.5 Å². The van der Waals surface area contributed by atoms with Gasteiger partial charge in [-0.15, -0.1) is 0 Å². The summed E-state index contributed by atoms with van der Waals surface area (Å²) in [5, 5.41) is 23.7. The molecule has 0 bridgehead atoms. The highest BCUT2D eigenvalue weighted by atomic mass is 16.5. The first kappa shape index (κ1) is 55.8. The van der Waals surface area contributed by atoms with Gasteiger partial charge < -0.3 is 20.3 Å². The summed E-state index contributed by atoms with van der Waals surface area (Å²) in [6.07, 6.45) is 54.6. The zero-order valence-corrected chi connectivity index (χ0v) is 38.4. The number of allylic oxidation sites excluding steroid dienone is 8. The highest BCUT2D eigenvalue weighted by Gasteiger charge is 2.24. The topological polar surface area (TPSA) is 95.9 Å². The van der Waals surface area contributed by atoms with Crippen molar-refractivity contribution in [2.24, 2.45) is 0 Å². The Morgan fingerprint density at radius 2 is 0.948 bits per heavy atom. The van der Waals surface area contributed by atoms with E-state index in [9.17, 15) is 19.8 Å². The van der Waals surface area contributed by atoms with E-state index in [0.717, 1.165) is 83.5 Å². The van der Waals surface area contributed by atoms with Crippen molar-refractivity contribution in [1.29, 1.82) is 0 Å². The van der Waals surface area contributed by atoms with Gasteiger partial charge in [0, 0.05) is 6.42 Å². The molecule has 58 heavy (non-hydrogen) atoms. The number of esters is 1. The van der Waals surface area contributed by atoms with Crippen LogP contribution in [0, 0.1) is 0 Å². The predicted molar refractivity (Wildman–Crippen MR) is 250 cm³/mol. The van der Waals surface area contributed by atoms with E-state index in [-0.39, 0.29) is 24.9 Å². The number of rotatable bonds is 44. The van der Waals surface area contributed by atoms with Gasteiger partial charge >= 0.3 is 5.97 Å². The smallest absolute Gasteiger partial charge is 0.306 e. The lowest BCUT2D eigenvalue weighted by Gasteiger charge is -2.24. The van der Waals surface area contributed by atoms with E-state index in [1.165, 1.54) is 116 Å². The second kappa shape index (κ2) is 45.9. The Balaban J connectivity index is 4.58. The molecule has 1 amide bonds. The minimum absolute atomic E-state index is 0.0489. The first-order chi connectivity index (χ1) is 28.5.